The van der Waals surface area contributed by atoms with Gasteiger partial charge in [-0.05, 0) is 62.2 Å². The predicted molar refractivity (Wildman–Crippen MR) is 147 cm³/mol. The Morgan fingerprint density at radius 1 is 1.24 bits per heavy atom. The Labute approximate surface area is 218 Å². The average Bonchev–Trinajstić information content (AvgIpc) is 2.91. The van der Waals surface area contributed by atoms with E-state index in [0.29, 0.717) is 30.0 Å². The highest BCUT2D eigenvalue weighted by atomic mass is 16.5. The first-order chi connectivity index (χ1) is 17.8. The molecule has 3 aromatic rings. The van der Waals surface area contributed by atoms with Gasteiger partial charge in [-0.1, -0.05) is 30.8 Å². The van der Waals surface area contributed by atoms with E-state index in [9.17, 15) is 4.79 Å². The molecule has 1 aromatic heterocycles. The molecular formula is C29H34N6O2. The number of nitrogens with one attached hydrogen (secondary N) is 2. The van der Waals surface area contributed by atoms with E-state index in [0.717, 1.165) is 28.4 Å². The molecule has 1 amide bonds. The van der Waals surface area contributed by atoms with Gasteiger partial charge in [0, 0.05) is 47.7 Å². The van der Waals surface area contributed by atoms with Crippen molar-refractivity contribution >= 4 is 22.4 Å². The number of amides is 1. The molecule has 0 spiro atoms. The number of benzene rings is 2. The van der Waals surface area contributed by atoms with Crippen molar-refractivity contribution in [2.75, 3.05) is 33.1 Å². The van der Waals surface area contributed by atoms with Crippen LogP contribution in [0.25, 0.3) is 10.8 Å². The minimum absolute atomic E-state index is 0.0392. The second kappa shape index (κ2) is 11.4. The highest BCUT2D eigenvalue weighted by Gasteiger charge is 2.38. The van der Waals surface area contributed by atoms with Gasteiger partial charge in [-0.3, -0.25) is 9.78 Å². The zero-order chi connectivity index (χ0) is 26.5. The normalized spacial score (nSPS) is 21.3. The molecule has 1 fully saturated rings. The fourth-order valence-electron chi connectivity index (χ4n) is 5.21. The van der Waals surface area contributed by atoms with E-state index in [4.69, 9.17) is 15.7 Å². The van der Waals surface area contributed by atoms with E-state index in [1.54, 1.807) is 31.5 Å². The molecule has 0 saturated heterocycles. The van der Waals surface area contributed by atoms with Crippen LogP contribution in [0.2, 0.25) is 0 Å². The smallest absolute Gasteiger partial charge is 0.270 e. The summed E-state index contributed by atoms with van der Waals surface area (Å²) in [5.74, 6) is 0.524. The van der Waals surface area contributed by atoms with Crippen molar-refractivity contribution in [1.29, 1.82) is 5.26 Å². The van der Waals surface area contributed by atoms with Crippen molar-refractivity contribution < 1.29 is 9.53 Å². The Hall–Kier alpha value is -3.93. The van der Waals surface area contributed by atoms with Gasteiger partial charge in [-0.25, -0.2) is 0 Å². The Balaban J connectivity index is 1.73. The number of fused-ring (bicyclic) bond motifs is 1. The van der Waals surface area contributed by atoms with Gasteiger partial charge >= 0.3 is 0 Å². The lowest BCUT2D eigenvalue weighted by Gasteiger charge is -2.43. The van der Waals surface area contributed by atoms with Crippen LogP contribution in [0.4, 0.5) is 5.69 Å². The molecule has 1 heterocycles. The molecule has 192 valence electrons. The van der Waals surface area contributed by atoms with E-state index >= 15 is 0 Å². The summed E-state index contributed by atoms with van der Waals surface area (Å²) in [6.07, 6.45) is 3.06. The number of likely N-dealkylation sites (N-methyl/N-ethyl adjacent to an activating group) is 1. The van der Waals surface area contributed by atoms with Crippen LogP contribution in [0.15, 0.2) is 66.9 Å². The number of carbonyl (C=O) groups excluding carboxylic acids is 1. The number of ether oxygens (including phenoxy) is 1. The molecule has 0 unspecified atom stereocenters. The zero-order valence-corrected chi connectivity index (χ0v) is 21.6. The van der Waals surface area contributed by atoms with Crippen LogP contribution in [0.3, 0.4) is 0 Å². The lowest BCUT2D eigenvalue weighted by Crippen LogP contribution is -2.56. The highest BCUT2D eigenvalue weighted by molar-refractivity contribution is 5.97. The standard InChI is InChI=1S/C29H34N6O2/c1-18(16-30)17-33-28-22-13-20(9-8-19(22)10-11-27(28)37-4)21-14-26(35(2)3)23(31)15-25(21)34-29(36)24-7-5-6-12-32-24/h5-13,21,23,25-26,33H,1,14-15,17,31H2,2-4H3,(H,34,36)/t21-,23-,25-,26-/m1/s1. The van der Waals surface area contributed by atoms with Gasteiger partial charge in [0.05, 0.1) is 18.9 Å². The van der Waals surface area contributed by atoms with Crippen molar-refractivity contribution in [3.63, 3.8) is 0 Å². The number of anilines is 1. The summed E-state index contributed by atoms with van der Waals surface area (Å²) in [4.78, 5) is 19.4. The van der Waals surface area contributed by atoms with Gasteiger partial charge < -0.3 is 26.0 Å². The number of methoxy groups -OCH3 is 1. The average molecular weight is 499 g/mol. The molecule has 8 nitrogen and oxygen atoms in total. The number of nitriles is 1. The second-order valence-corrected chi connectivity index (χ2v) is 9.76. The largest absolute Gasteiger partial charge is 0.495 e. The lowest BCUT2D eigenvalue weighted by molar-refractivity contribution is 0.0887. The fourth-order valence-corrected chi connectivity index (χ4v) is 5.21. The molecule has 0 bridgehead atoms. The SMILES string of the molecule is C=C(C#N)CNc1c(OC)ccc2ccc([C@H]3C[C@@H](N(C)C)[C@H](N)C[C@H]3NC(=O)c3ccccn3)cc12. The molecular weight excluding hydrogens is 464 g/mol. The molecule has 0 aliphatic heterocycles. The van der Waals surface area contributed by atoms with E-state index in [1.807, 2.05) is 26.2 Å². The minimum Gasteiger partial charge on any atom is -0.495 e. The van der Waals surface area contributed by atoms with Gasteiger partial charge in [0.1, 0.15) is 11.4 Å². The monoisotopic (exact) mass is 498 g/mol. The third kappa shape index (κ3) is 5.74. The van der Waals surface area contributed by atoms with E-state index in [1.165, 1.54) is 0 Å². The van der Waals surface area contributed by atoms with Gasteiger partial charge in [-0.15, -0.1) is 0 Å². The number of hydrogen-bond acceptors (Lipinski definition) is 7. The number of aromatic nitrogens is 1. The Bertz CT molecular complexity index is 1320. The molecule has 2 aromatic carbocycles. The second-order valence-electron chi connectivity index (χ2n) is 9.76. The first-order valence-electron chi connectivity index (χ1n) is 12.4. The zero-order valence-electron chi connectivity index (χ0n) is 21.6. The van der Waals surface area contributed by atoms with Crippen LogP contribution in [-0.4, -0.2) is 61.7 Å². The van der Waals surface area contributed by atoms with Crippen LogP contribution in [0.5, 0.6) is 5.75 Å². The minimum atomic E-state index is -0.203. The van der Waals surface area contributed by atoms with Gasteiger partial charge in [0.25, 0.3) is 5.91 Å². The number of hydrogen-bond donors (Lipinski definition) is 3. The molecule has 8 heteroatoms. The first kappa shape index (κ1) is 26.1. The summed E-state index contributed by atoms with van der Waals surface area (Å²) in [6.45, 7) is 4.10. The Morgan fingerprint density at radius 2 is 2.03 bits per heavy atom. The number of nitrogens with zero attached hydrogens (tertiary/aromatic N) is 3. The Morgan fingerprint density at radius 3 is 2.70 bits per heavy atom. The van der Waals surface area contributed by atoms with Gasteiger partial charge in [0.2, 0.25) is 0 Å². The number of pyridine rings is 1. The molecule has 1 saturated carbocycles. The third-order valence-electron chi connectivity index (χ3n) is 7.17. The van der Waals surface area contributed by atoms with Gasteiger partial charge in [0.15, 0.2) is 0 Å². The van der Waals surface area contributed by atoms with E-state index in [2.05, 4.69) is 51.4 Å². The maximum absolute atomic E-state index is 13.1. The van der Waals surface area contributed by atoms with Crippen LogP contribution in [0, 0.1) is 11.3 Å². The quantitative estimate of drug-likeness (QED) is 0.406. The molecule has 0 radical (unpaired) electrons. The summed E-state index contributed by atoms with van der Waals surface area (Å²) in [5.41, 5.74) is 9.32. The number of carbonyl (C=O) groups is 1. The summed E-state index contributed by atoms with van der Waals surface area (Å²) in [6, 6.07) is 17.6. The van der Waals surface area contributed by atoms with Crippen LogP contribution >= 0.6 is 0 Å². The molecule has 1 aliphatic carbocycles. The Kier molecular flexibility index (Phi) is 8.07. The van der Waals surface area contributed by atoms with Crippen molar-refractivity contribution in [2.24, 2.45) is 5.73 Å². The maximum Gasteiger partial charge on any atom is 0.270 e. The first-order valence-corrected chi connectivity index (χ1v) is 12.4. The van der Waals surface area contributed by atoms with Crippen molar-refractivity contribution in [3.05, 3.63) is 78.1 Å². The lowest BCUT2D eigenvalue weighted by atomic mass is 9.74. The summed E-state index contributed by atoms with van der Waals surface area (Å²) < 4.78 is 5.63. The van der Waals surface area contributed by atoms with E-state index < -0.39 is 0 Å². The van der Waals surface area contributed by atoms with E-state index in [-0.39, 0.29) is 30.0 Å². The molecule has 4 N–H and O–H groups in total. The predicted octanol–water partition coefficient (Wildman–Crippen LogP) is 3.67. The molecule has 1 aliphatic rings. The fraction of sp³-hybridized carbons (Fsp3) is 0.345. The highest BCUT2D eigenvalue weighted by Crippen LogP contribution is 2.39. The summed E-state index contributed by atoms with van der Waals surface area (Å²) in [5, 5.41) is 17.7. The van der Waals surface area contributed by atoms with Crippen LogP contribution < -0.4 is 21.1 Å². The third-order valence-corrected chi connectivity index (χ3v) is 7.17. The molecule has 4 atom stereocenters. The van der Waals surface area contributed by atoms with Crippen molar-refractivity contribution in [2.45, 2.75) is 36.9 Å². The summed E-state index contributed by atoms with van der Waals surface area (Å²) in [7, 11) is 5.72. The topological polar surface area (TPSA) is 116 Å². The van der Waals surface area contributed by atoms with Crippen molar-refractivity contribution in [1.82, 2.24) is 15.2 Å². The molecule has 4 rings (SSSR count). The molecule has 37 heavy (non-hydrogen) atoms. The number of rotatable bonds is 8. The van der Waals surface area contributed by atoms with Crippen LogP contribution in [-0.2, 0) is 0 Å². The van der Waals surface area contributed by atoms with Crippen molar-refractivity contribution in [3.8, 4) is 11.8 Å². The number of nitrogens with two attached hydrogens (primary N) is 1. The summed E-state index contributed by atoms with van der Waals surface area (Å²) >= 11 is 0. The maximum atomic E-state index is 13.1. The van der Waals surface area contributed by atoms with Gasteiger partial charge in [-0.2, -0.15) is 5.26 Å². The van der Waals surface area contributed by atoms with Crippen LogP contribution in [0.1, 0.15) is 34.8 Å².